The number of hydrogen-bond acceptors (Lipinski definition) is 1. The summed E-state index contributed by atoms with van der Waals surface area (Å²) in [6.45, 7) is 4.76. The number of para-hydroxylation sites is 2. The molecule has 2 heteroatoms. The Kier molecular flexibility index (Phi) is 7.92. The van der Waals surface area contributed by atoms with Crippen molar-refractivity contribution in [3.05, 3.63) is 230 Å². The van der Waals surface area contributed by atoms with Gasteiger partial charge in [-0.3, -0.25) is 0 Å². The molecule has 0 bridgehead atoms. The molecule has 61 heavy (non-hydrogen) atoms. The number of anilines is 3. The van der Waals surface area contributed by atoms with Crippen molar-refractivity contribution in [3.63, 3.8) is 0 Å². The van der Waals surface area contributed by atoms with E-state index in [1.807, 2.05) is 0 Å². The molecule has 10 aromatic carbocycles. The molecule has 0 fully saturated rings. The minimum Gasteiger partial charge on any atom is -0.310 e. The number of rotatable bonds is 6. The molecule has 0 saturated carbocycles. The van der Waals surface area contributed by atoms with Crippen molar-refractivity contribution in [2.24, 2.45) is 0 Å². The van der Waals surface area contributed by atoms with Crippen molar-refractivity contribution < 1.29 is 0 Å². The zero-order chi connectivity index (χ0) is 40.7. The molecule has 0 N–H and O–H groups in total. The van der Waals surface area contributed by atoms with Gasteiger partial charge in [0.2, 0.25) is 0 Å². The maximum atomic E-state index is 2.50. The molecule has 1 heterocycles. The Balaban J connectivity index is 1.02. The third kappa shape index (κ3) is 5.56. The second-order valence-electron chi connectivity index (χ2n) is 16.9. The monoisotopic (exact) mass is 778 g/mol. The van der Waals surface area contributed by atoms with Gasteiger partial charge >= 0.3 is 0 Å². The van der Waals surface area contributed by atoms with Crippen LogP contribution in [0.15, 0.2) is 218 Å². The molecule has 0 atom stereocenters. The van der Waals surface area contributed by atoms with Gasteiger partial charge in [0.25, 0.3) is 0 Å². The summed E-state index contributed by atoms with van der Waals surface area (Å²) >= 11 is 0. The van der Waals surface area contributed by atoms with Crippen molar-refractivity contribution in [2.45, 2.75) is 19.3 Å². The molecule has 0 radical (unpaired) electrons. The third-order valence-electron chi connectivity index (χ3n) is 13.2. The van der Waals surface area contributed by atoms with Gasteiger partial charge in [0, 0.05) is 38.8 Å². The van der Waals surface area contributed by atoms with E-state index < -0.39 is 0 Å². The van der Waals surface area contributed by atoms with E-state index in [1.54, 1.807) is 0 Å². The first kappa shape index (κ1) is 35.3. The van der Waals surface area contributed by atoms with E-state index in [0.717, 1.165) is 17.1 Å². The average Bonchev–Trinajstić information content (AvgIpc) is 3.78. The van der Waals surface area contributed by atoms with Crippen LogP contribution in [0.3, 0.4) is 0 Å². The van der Waals surface area contributed by atoms with Gasteiger partial charge < -0.3 is 9.47 Å². The van der Waals surface area contributed by atoms with Crippen molar-refractivity contribution in [1.82, 2.24) is 4.57 Å². The maximum absolute atomic E-state index is 2.50. The summed E-state index contributed by atoms with van der Waals surface area (Å²) in [6, 6.07) is 80.4. The Morgan fingerprint density at radius 2 is 0.885 bits per heavy atom. The van der Waals surface area contributed by atoms with Gasteiger partial charge in [-0.2, -0.15) is 0 Å². The number of aromatic nitrogens is 1. The Hall–Kier alpha value is -7.68. The van der Waals surface area contributed by atoms with E-state index in [1.165, 1.54) is 93.5 Å². The minimum atomic E-state index is -0.167. The van der Waals surface area contributed by atoms with E-state index in [9.17, 15) is 0 Å². The molecule has 288 valence electrons. The average molecular weight is 779 g/mol. The predicted octanol–water partition coefficient (Wildman–Crippen LogP) is 16.2. The van der Waals surface area contributed by atoms with E-state index >= 15 is 0 Å². The van der Waals surface area contributed by atoms with Crippen LogP contribution in [0, 0.1) is 0 Å². The van der Waals surface area contributed by atoms with Gasteiger partial charge in [0.15, 0.2) is 0 Å². The zero-order valence-electron chi connectivity index (χ0n) is 34.2. The van der Waals surface area contributed by atoms with E-state index in [-0.39, 0.29) is 5.41 Å². The Bertz CT molecular complexity index is 3430. The lowest BCUT2D eigenvalue weighted by Gasteiger charge is -2.27. The quantitative estimate of drug-likeness (QED) is 0.153. The number of nitrogens with zero attached hydrogens (tertiary/aromatic N) is 2. The van der Waals surface area contributed by atoms with E-state index in [0.29, 0.717) is 0 Å². The first-order chi connectivity index (χ1) is 30.0. The van der Waals surface area contributed by atoms with Crippen LogP contribution >= 0.6 is 0 Å². The summed E-state index contributed by atoms with van der Waals surface area (Å²) in [5, 5.41) is 7.55. The second kappa shape index (κ2) is 13.7. The highest BCUT2D eigenvalue weighted by atomic mass is 15.1. The van der Waals surface area contributed by atoms with Gasteiger partial charge in [-0.05, 0) is 121 Å². The van der Waals surface area contributed by atoms with Crippen LogP contribution in [0.1, 0.15) is 25.0 Å². The van der Waals surface area contributed by atoms with Crippen molar-refractivity contribution >= 4 is 60.4 Å². The first-order valence-electron chi connectivity index (χ1n) is 21.3. The molecule has 0 spiro atoms. The fourth-order valence-corrected chi connectivity index (χ4v) is 10.1. The van der Waals surface area contributed by atoms with Crippen molar-refractivity contribution in [2.75, 3.05) is 4.90 Å². The fraction of sp³-hybridized carbons (Fsp3) is 0.0508. The highest BCUT2D eigenvalue weighted by molar-refractivity contribution is 6.11. The largest absolute Gasteiger partial charge is 0.310 e. The van der Waals surface area contributed by atoms with Crippen LogP contribution in [0.25, 0.3) is 82.4 Å². The maximum Gasteiger partial charge on any atom is 0.0549 e. The lowest BCUT2D eigenvalue weighted by atomic mass is 9.81. The molecule has 1 aliphatic rings. The molecular weight excluding hydrogens is 737 g/mol. The third-order valence-corrected chi connectivity index (χ3v) is 13.2. The van der Waals surface area contributed by atoms with Gasteiger partial charge in [-0.25, -0.2) is 0 Å². The summed E-state index contributed by atoms with van der Waals surface area (Å²) in [4.78, 5) is 2.39. The van der Waals surface area contributed by atoms with Crippen molar-refractivity contribution in [1.29, 1.82) is 0 Å². The van der Waals surface area contributed by atoms with Gasteiger partial charge in [-0.15, -0.1) is 0 Å². The van der Waals surface area contributed by atoms with E-state index in [2.05, 4.69) is 242 Å². The summed E-state index contributed by atoms with van der Waals surface area (Å²) in [5.74, 6) is 0. The number of hydrogen-bond donors (Lipinski definition) is 0. The van der Waals surface area contributed by atoms with E-state index in [4.69, 9.17) is 0 Å². The molecule has 0 saturated heterocycles. The van der Waals surface area contributed by atoms with Gasteiger partial charge in [-0.1, -0.05) is 172 Å². The fourth-order valence-electron chi connectivity index (χ4n) is 10.1. The summed E-state index contributed by atoms with van der Waals surface area (Å²) in [7, 11) is 0. The summed E-state index contributed by atoms with van der Waals surface area (Å²) < 4.78 is 2.50. The van der Waals surface area contributed by atoms with Gasteiger partial charge in [0.1, 0.15) is 0 Å². The smallest absolute Gasteiger partial charge is 0.0549 e. The number of fused-ring (bicyclic) bond motifs is 9. The molecule has 11 aromatic rings. The minimum absolute atomic E-state index is 0.167. The van der Waals surface area contributed by atoms with Gasteiger partial charge in [0.05, 0.1) is 16.7 Å². The Labute approximate surface area is 356 Å². The lowest BCUT2D eigenvalue weighted by Crippen LogP contribution is -2.15. The Morgan fingerprint density at radius 1 is 0.361 bits per heavy atom. The summed E-state index contributed by atoms with van der Waals surface area (Å²) in [5.41, 5.74) is 17.0. The molecule has 12 rings (SSSR count). The molecule has 2 nitrogen and oxygen atoms in total. The first-order valence-corrected chi connectivity index (χ1v) is 21.3. The topological polar surface area (TPSA) is 8.17 Å². The number of benzene rings is 10. The molecule has 0 aliphatic heterocycles. The SMILES string of the molecule is CC1(C)c2ccccc2-c2c(-n3c4ccccc4c4ccccc43)cc(-c3ccc(N(c4ccc(-c5ccccc5)cc4)c4ccc5c(ccc6ccccc65)c4)cc3)cc21. The van der Waals surface area contributed by atoms with Crippen LogP contribution < -0.4 is 4.90 Å². The molecule has 0 unspecified atom stereocenters. The van der Waals surface area contributed by atoms with Crippen LogP contribution in [-0.4, -0.2) is 4.57 Å². The summed E-state index contributed by atoms with van der Waals surface area (Å²) in [6.07, 6.45) is 0. The Morgan fingerprint density at radius 3 is 1.59 bits per heavy atom. The lowest BCUT2D eigenvalue weighted by molar-refractivity contribution is 0.660. The van der Waals surface area contributed by atoms with Crippen molar-refractivity contribution in [3.8, 4) is 39.1 Å². The normalized spacial score (nSPS) is 12.9. The van der Waals surface area contributed by atoms with Crippen LogP contribution in [-0.2, 0) is 5.41 Å². The van der Waals surface area contributed by atoms with Crippen LogP contribution in [0.5, 0.6) is 0 Å². The molecule has 1 aliphatic carbocycles. The van der Waals surface area contributed by atoms with Crippen LogP contribution in [0.2, 0.25) is 0 Å². The molecule has 1 aromatic heterocycles. The second-order valence-corrected chi connectivity index (χ2v) is 16.9. The molecular formula is C59H42N2. The van der Waals surface area contributed by atoms with Crippen LogP contribution in [0.4, 0.5) is 17.1 Å². The molecule has 0 amide bonds. The highest BCUT2D eigenvalue weighted by Gasteiger charge is 2.38. The highest BCUT2D eigenvalue weighted by Crippen LogP contribution is 2.53. The zero-order valence-corrected chi connectivity index (χ0v) is 34.2. The predicted molar refractivity (Wildman–Crippen MR) is 259 cm³/mol. The standard InChI is InChI=1S/C59H42N2/c1-59(2)53-21-11-8-20-52(53)58-54(59)37-44(38-57(58)61-55-22-12-9-18-50(55)51-19-10-13-23-56(51)61)41-28-32-46(33-29-41)60(45-30-26-40(27-31-45)39-14-4-3-5-15-39)47-34-35-49-43(36-47)25-24-42-16-6-7-17-48(42)49/h3-38H,1-2H3.